The summed E-state index contributed by atoms with van der Waals surface area (Å²) in [6.45, 7) is 5.68. The summed E-state index contributed by atoms with van der Waals surface area (Å²) < 4.78 is 5.31. The van der Waals surface area contributed by atoms with Crippen LogP contribution in [0.15, 0.2) is 84.0 Å². The predicted molar refractivity (Wildman–Crippen MR) is 148 cm³/mol. The smallest absolute Gasteiger partial charge is 0.226 e. The van der Waals surface area contributed by atoms with Gasteiger partial charge in [-0.2, -0.15) is 5.10 Å². The van der Waals surface area contributed by atoms with E-state index in [2.05, 4.69) is 31.5 Å². The molecule has 0 fully saturated rings. The van der Waals surface area contributed by atoms with Gasteiger partial charge < -0.3 is 20.5 Å². The van der Waals surface area contributed by atoms with Crippen LogP contribution in [0.1, 0.15) is 31.9 Å². The average Bonchev–Trinajstić information content (AvgIpc) is 3.65. The molecule has 0 saturated heterocycles. The number of anilines is 2. The third-order valence-corrected chi connectivity index (χ3v) is 6.11. The summed E-state index contributed by atoms with van der Waals surface area (Å²) in [4.78, 5) is 19.8. The first-order valence-corrected chi connectivity index (χ1v) is 12.0. The summed E-state index contributed by atoms with van der Waals surface area (Å²) >= 11 is 0. The highest BCUT2D eigenvalue weighted by Crippen LogP contribution is 2.35. The number of carbonyl (C=O) groups is 1. The van der Waals surface area contributed by atoms with E-state index in [4.69, 9.17) is 10.2 Å². The van der Waals surface area contributed by atoms with E-state index >= 15 is 0 Å². The quantitative estimate of drug-likeness (QED) is 0.196. The summed E-state index contributed by atoms with van der Waals surface area (Å²) in [6, 6.07) is 11.9. The van der Waals surface area contributed by atoms with Crippen LogP contribution in [-0.4, -0.2) is 26.1 Å². The zero-order valence-electron chi connectivity index (χ0n) is 20.9. The highest BCUT2D eigenvalue weighted by molar-refractivity contribution is 5.97. The van der Waals surface area contributed by atoms with Crippen LogP contribution >= 0.6 is 0 Å². The summed E-state index contributed by atoms with van der Waals surface area (Å²) in [5, 5.41) is 11.5. The molecule has 0 spiro atoms. The van der Waals surface area contributed by atoms with Crippen molar-refractivity contribution in [1.82, 2.24) is 20.2 Å². The number of hydrogen-bond acceptors (Lipinski definition) is 5. The maximum Gasteiger partial charge on any atom is 0.226 e. The van der Waals surface area contributed by atoms with Crippen molar-refractivity contribution in [1.29, 1.82) is 0 Å². The Morgan fingerprint density at radius 1 is 1.14 bits per heavy atom. The Morgan fingerprint density at radius 3 is 2.76 bits per heavy atom. The number of amides is 1. The lowest BCUT2D eigenvalue weighted by molar-refractivity contribution is -0.118. The molecule has 1 aromatic carbocycles. The van der Waals surface area contributed by atoms with Crippen molar-refractivity contribution in [2.45, 2.75) is 20.8 Å². The van der Waals surface area contributed by atoms with Gasteiger partial charge in [-0.3, -0.25) is 14.9 Å². The van der Waals surface area contributed by atoms with E-state index in [1.807, 2.05) is 69.3 Å². The number of nitrogen functional groups attached to an aromatic ring is 1. The van der Waals surface area contributed by atoms with Gasteiger partial charge in [0, 0.05) is 34.2 Å². The molecule has 0 aliphatic rings. The van der Waals surface area contributed by atoms with Crippen molar-refractivity contribution < 1.29 is 9.21 Å². The molecule has 186 valence electrons. The first-order valence-electron chi connectivity index (χ1n) is 12.0. The number of H-pyrrole nitrogens is 2. The second-order valence-electron chi connectivity index (χ2n) is 9.07. The van der Waals surface area contributed by atoms with Gasteiger partial charge in [0.25, 0.3) is 0 Å². The van der Waals surface area contributed by atoms with Crippen LogP contribution in [-0.2, 0) is 4.79 Å². The van der Waals surface area contributed by atoms with E-state index in [0.29, 0.717) is 11.5 Å². The van der Waals surface area contributed by atoms with Crippen LogP contribution < -0.4 is 11.1 Å². The van der Waals surface area contributed by atoms with Crippen LogP contribution in [0.5, 0.6) is 0 Å². The third kappa shape index (κ3) is 4.81. The Morgan fingerprint density at radius 2 is 2.00 bits per heavy atom. The van der Waals surface area contributed by atoms with Gasteiger partial charge in [0.05, 0.1) is 35.6 Å². The SMILES string of the molecule is CC=C/C=C(/c1ccoc1)c1cc(-c2n[nH]c3ccc(-c4cncc(NC(=O)C(C)C)c4)cc23)[nH]c1N. The average molecular weight is 493 g/mol. The van der Waals surface area contributed by atoms with Crippen molar-refractivity contribution in [3.8, 4) is 22.5 Å². The zero-order chi connectivity index (χ0) is 25.9. The molecule has 5 aromatic rings. The van der Waals surface area contributed by atoms with Crippen molar-refractivity contribution >= 4 is 33.9 Å². The Kier molecular flexibility index (Phi) is 6.47. The maximum absolute atomic E-state index is 12.1. The molecular weight excluding hydrogens is 464 g/mol. The van der Waals surface area contributed by atoms with Crippen molar-refractivity contribution in [3.05, 3.63) is 90.7 Å². The predicted octanol–water partition coefficient (Wildman–Crippen LogP) is 6.40. The van der Waals surface area contributed by atoms with E-state index in [9.17, 15) is 4.79 Å². The molecule has 0 unspecified atom stereocenters. The molecule has 5 N–H and O–H groups in total. The molecule has 8 nitrogen and oxygen atoms in total. The number of fused-ring (bicyclic) bond motifs is 1. The van der Waals surface area contributed by atoms with Gasteiger partial charge >= 0.3 is 0 Å². The fourth-order valence-corrected chi connectivity index (χ4v) is 4.12. The summed E-state index contributed by atoms with van der Waals surface area (Å²) in [6.07, 6.45) is 12.7. The van der Waals surface area contributed by atoms with Crippen LogP contribution in [0.3, 0.4) is 0 Å². The molecule has 0 saturated carbocycles. The summed E-state index contributed by atoms with van der Waals surface area (Å²) in [5.74, 6) is 0.371. The fraction of sp³-hybridized carbons (Fsp3) is 0.138. The third-order valence-electron chi connectivity index (χ3n) is 6.11. The summed E-state index contributed by atoms with van der Waals surface area (Å²) in [7, 11) is 0. The highest BCUT2D eigenvalue weighted by atomic mass is 16.3. The number of benzene rings is 1. The number of allylic oxidation sites excluding steroid dienone is 3. The number of furan rings is 1. The topological polar surface area (TPSA) is 126 Å². The van der Waals surface area contributed by atoms with Crippen molar-refractivity contribution in [2.75, 3.05) is 11.1 Å². The molecule has 1 amide bonds. The molecule has 4 heterocycles. The molecule has 8 heteroatoms. The molecular formula is C29H28N6O2. The fourth-order valence-electron chi connectivity index (χ4n) is 4.12. The number of aromatic amines is 2. The van der Waals surface area contributed by atoms with Gasteiger partial charge in [-0.25, -0.2) is 0 Å². The number of carbonyl (C=O) groups excluding carboxylic acids is 1. The second-order valence-corrected chi connectivity index (χ2v) is 9.07. The Labute approximate surface area is 214 Å². The Hall–Kier alpha value is -4.85. The van der Waals surface area contributed by atoms with Gasteiger partial charge in [0.15, 0.2) is 0 Å². The van der Waals surface area contributed by atoms with Crippen LogP contribution in [0, 0.1) is 5.92 Å². The van der Waals surface area contributed by atoms with E-state index in [1.165, 1.54) is 0 Å². The molecule has 0 radical (unpaired) electrons. The zero-order valence-corrected chi connectivity index (χ0v) is 20.9. The number of hydrogen-bond donors (Lipinski definition) is 4. The maximum atomic E-state index is 12.1. The monoisotopic (exact) mass is 492 g/mol. The number of pyridine rings is 1. The van der Waals surface area contributed by atoms with E-state index in [0.717, 1.165) is 50.1 Å². The van der Waals surface area contributed by atoms with Crippen molar-refractivity contribution in [3.63, 3.8) is 0 Å². The van der Waals surface area contributed by atoms with Crippen LogP contribution in [0.2, 0.25) is 0 Å². The first kappa shape index (κ1) is 23.9. The van der Waals surface area contributed by atoms with Gasteiger partial charge in [-0.1, -0.05) is 38.1 Å². The minimum Gasteiger partial charge on any atom is -0.472 e. The molecule has 0 aliphatic carbocycles. The van der Waals surface area contributed by atoms with Gasteiger partial charge in [-0.05, 0) is 48.4 Å². The molecule has 0 bridgehead atoms. The van der Waals surface area contributed by atoms with E-state index < -0.39 is 0 Å². The second kappa shape index (κ2) is 10.0. The summed E-state index contributed by atoms with van der Waals surface area (Å²) in [5.41, 5.74) is 14.1. The molecule has 37 heavy (non-hydrogen) atoms. The van der Waals surface area contributed by atoms with E-state index in [1.54, 1.807) is 24.9 Å². The number of rotatable bonds is 7. The lowest BCUT2D eigenvalue weighted by atomic mass is 10.0. The number of nitrogens with zero attached hydrogens (tertiary/aromatic N) is 2. The minimum atomic E-state index is -0.117. The largest absolute Gasteiger partial charge is 0.472 e. The Balaban J connectivity index is 1.54. The highest BCUT2D eigenvalue weighted by Gasteiger charge is 2.17. The molecule has 4 aromatic heterocycles. The van der Waals surface area contributed by atoms with Gasteiger partial charge in [-0.15, -0.1) is 0 Å². The number of nitrogens with one attached hydrogen (secondary N) is 3. The van der Waals surface area contributed by atoms with Gasteiger partial charge in [0.1, 0.15) is 11.5 Å². The normalized spacial score (nSPS) is 12.2. The first-order chi connectivity index (χ1) is 17.9. The van der Waals surface area contributed by atoms with Crippen LogP contribution in [0.25, 0.3) is 39.0 Å². The number of aromatic nitrogens is 4. The van der Waals surface area contributed by atoms with E-state index in [-0.39, 0.29) is 11.8 Å². The number of nitrogens with two attached hydrogens (primary N) is 1. The van der Waals surface area contributed by atoms with Crippen molar-refractivity contribution in [2.24, 2.45) is 5.92 Å². The lowest BCUT2D eigenvalue weighted by Gasteiger charge is -2.09. The lowest BCUT2D eigenvalue weighted by Crippen LogP contribution is -2.17. The minimum absolute atomic E-state index is 0.0510. The molecule has 5 rings (SSSR count). The van der Waals surface area contributed by atoms with Crippen LogP contribution in [0.4, 0.5) is 11.5 Å². The molecule has 0 atom stereocenters. The standard InChI is InChI=1S/C29H28N6O2/c1-4-5-6-22(19-9-10-37-16-19)23-13-26(33-28(23)30)27-24-12-18(7-8-25(24)34-35-27)20-11-21(15-31-14-20)32-29(36)17(2)3/h4-17,33H,30H2,1-3H3,(H,32,36)(H,34,35)/b5-4?,22-6-. The Bertz CT molecular complexity index is 1620. The molecule has 0 aliphatic heterocycles. The van der Waals surface area contributed by atoms with Gasteiger partial charge in [0.2, 0.25) is 5.91 Å².